The Balaban J connectivity index is 2.27. The lowest BCUT2D eigenvalue weighted by Gasteiger charge is -2.24. The van der Waals surface area contributed by atoms with Crippen LogP contribution in [0.4, 0.5) is 5.82 Å². The Hall–Kier alpha value is -1.75. The molecule has 0 fully saturated rings. The van der Waals surface area contributed by atoms with E-state index >= 15 is 0 Å². The number of carbonyl (C=O) groups excluding carboxylic acids is 1. The largest absolute Gasteiger partial charge is 0.383 e. The molecule has 0 aliphatic heterocycles. The molecule has 1 unspecified atom stereocenters. The molecule has 1 aromatic heterocycles. The normalized spacial score (nSPS) is 12.3. The molecular weight excluding hydrogens is 282 g/mol. The summed E-state index contributed by atoms with van der Waals surface area (Å²) in [5.41, 5.74) is 6.37. The van der Waals surface area contributed by atoms with Gasteiger partial charge in [-0.15, -0.1) is 0 Å². The molecule has 0 radical (unpaired) electrons. The summed E-state index contributed by atoms with van der Waals surface area (Å²) in [5, 5.41) is 1.82. The van der Waals surface area contributed by atoms with E-state index in [1.807, 2.05) is 37.4 Å². The van der Waals surface area contributed by atoms with Crippen LogP contribution in [0.3, 0.4) is 0 Å². The van der Waals surface area contributed by atoms with Crippen LogP contribution in [-0.4, -0.2) is 40.9 Å². The van der Waals surface area contributed by atoms with E-state index in [0.29, 0.717) is 11.5 Å². The van der Waals surface area contributed by atoms with E-state index in [9.17, 15) is 4.79 Å². The highest BCUT2D eigenvalue weighted by atomic mass is 32.2. The van der Waals surface area contributed by atoms with Gasteiger partial charge in [0.1, 0.15) is 11.5 Å². The number of anilines is 1. The molecule has 1 atom stereocenters. The van der Waals surface area contributed by atoms with Gasteiger partial charge in [0.15, 0.2) is 0 Å². The van der Waals surface area contributed by atoms with Crippen LogP contribution >= 0.6 is 11.8 Å². The van der Waals surface area contributed by atoms with Crippen molar-refractivity contribution in [1.82, 2.24) is 9.88 Å². The maximum absolute atomic E-state index is 12.5. The van der Waals surface area contributed by atoms with Crippen molar-refractivity contribution in [3.8, 4) is 0 Å². The third-order valence-corrected chi connectivity index (χ3v) is 4.35. The Labute approximate surface area is 129 Å². The molecule has 112 valence electrons. The van der Waals surface area contributed by atoms with Gasteiger partial charge in [0.2, 0.25) is 0 Å². The molecule has 5 heteroatoms. The number of thioether (sulfide) groups is 1. The highest BCUT2D eigenvalue weighted by Gasteiger charge is 2.19. The standard InChI is InChI=1S/C16H21N3OS/c1-11(8-9-21-3)19(2)16(20)14-10-12-6-4-5-7-13(12)15(17)18-14/h4-7,10-11H,8-9H2,1-3H3,(H2,17,18). The van der Waals surface area contributed by atoms with Crippen LogP contribution in [0.15, 0.2) is 30.3 Å². The third kappa shape index (κ3) is 3.47. The van der Waals surface area contributed by atoms with Gasteiger partial charge in [0.25, 0.3) is 5.91 Å². The van der Waals surface area contributed by atoms with Crippen LogP contribution < -0.4 is 5.73 Å². The monoisotopic (exact) mass is 303 g/mol. The number of nitrogens with zero attached hydrogens (tertiary/aromatic N) is 2. The number of nitrogen functional groups attached to an aromatic ring is 1. The molecule has 1 amide bonds. The third-order valence-electron chi connectivity index (χ3n) is 3.71. The van der Waals surface area contributed by atoms with Gasteiger partial charge < -0.3 is 10.6 Å². The summed E-state index contributed by atoms with van der Waals surface area (Å²) in [5.74, 6) is 1.36. The lowest BCUT2D eigenvalue weighted by Crippen LogP contribution is -2.36. The number of fused-ring (bicyclic) bond motifs is 1. The first-order valence-electron chi connectivity index (χ1n) is 6.96. The van der Waals surface area contributed by atoms with Crippen molar-refractivity contribution in [1.29, 1.82) is 0 Å². The Morgan fingerprint density at radius 3 is 2.86 bits per heavy atom. The zero-order valence-corrected chi connectivity index (χ0v) is 13.5. The Kier molecular flexibility index (Phi) is 5.07. The van der Waals surface area contributed by atoms with Crippen LogP contribution in [0.25, 0.3) is 10.8 Å². The van der Waals surface area contributed by atoms with E-state index < -0.39 is 0 Å². The van der Waals surface area contributed by atoms with Crippen molar-refractivity contribution in [2.24, 2.45) is 0 Å². The number of hydrogen-bond donors (Lipinski definition) is 1. The van der Waals surface area contributed by atoms with E-state index in [4.69, 9.17) is 5.73 Å². The van der Waals surface area contributed by atoms with Crippen molar-refractivity contribution >= 4 is 34.3 Å². The van der Waals surface area contributed by atoms with Crippen LogP contribution in [0.5, 0.6) is 0 Å². The first-order chi connectivity index (χ1) is 10.0. The van der Waals surface area contributed by atoms with Gasteiger partial charge >= 0.3 is 0 Å². The number of amides is 1. The fourth-order valence-electron chi connectivity index (χ4n) is 2.20. The maximum atomic E-state index is 12.5. The predicted octanol–water partition coefficient (Wildman–Crippen LogP) is 3.03. The number of pyridine rings is 1. The lowest BCUT2D eigenvalue weighted by molar-refractivity contribution is 0.0736. The maximum Gasteiger partial charge on any atom is 0.272 e. The highest BCUT2D eigenvalue weighted by Crippen LogP contribution is 2.21. The molecule has 0 aliphatic carbocycles. The van der Waals surface area contributed by atoms with E-state index in [-0.39, 0.29) is 11.9 Å². The van der Waals surface area contributed by atoms with Gasteiger partial charge in [0, 0.05) is 18.5 Å². The first kappa shape index (κ1) is 15.6. The second-order valence-electron chi connectivity index (χ2n) is 5.16. The van der Waals surface area contributed by atoms with Crippen LogP contribution in [0, 0.1) is 0 Å². The fourth-order valence-corrected chi connectivity index (χ4v) is 2.77. The number of hydrogen-bond acceptors (Lipinski definition) is 4. The quantitative estimate of drug-likeness (QED) is 0.922. The van der Waals surface area contributed by atoms with E-state index in [1.54, 1.807) is 16.7 Å². The first-order valence-corrected chi connectivity index (χ1v) is 8.35. The zero-order chi connectivity index (χ0) is 15.4. The highest BCUT2D eigenvalue weighted by molar-refractivity contribution is 7.98. The summed E-state index contributed by atoms with van der Waals surface area (Å²) in [6.45, 7) is 2.05. The van der Waals surface area contributed by atoms with Crippen molar-refractivity contribution in [3.05, 3.63) is 36.0 Å². The molecule has 2 aromatic rings. The molecule has 0 aliphatic rings. The minimum Gasteiger partial charge on any atom is -0.383 e. The van der Waals surface area contributed by atoms with E-state index in [2.05, 4.69) is 18.2 Å². The topological polar surface area (TPSA) is 59.2 Å². The number of rotatable bonds is 5. The fraction of sp³-hybridized carbons (Fsp3) is 0.375. The van der Waals surface area contributed by atoms with Gasteiger partial charge in [-0.3, -0.25) is 4.79 Å². The minimum atomic E-state index is -0.0824. The smallest absolute Gasteiger partial charge is 0.272 e. The van der Waals surface area contributed by atoms with Gasteiger partial charge in [-0.05, 0) is 36.8 Å². The zero-order valence-electron chi connectivity index (χ0n) is 12.7. The molecule has 0 spiro atoms. The van der Waals surface area contributed by atoms with Crippen LogP contribution in [0.2, 0.25) is 0 Å². The number of nitrogens with two attached hydrogens (primary N) is 1. The second-order valence-corrected chi connectivity index (χ2v) is 6.15. The van der Waals surface area contributed by atoms with Crippen molar-refractivity contribution in [2.45, 2.75) is 19.4 Å². The molecule has 2 N–H and O–H groups in total. The summed E-state index contributed by atoms with van der Waals surface area (Å²) in [7, 11) is 1.82. The minimum absolute atomic E-state index is 0.0824. The SMILES string of the molecule is CSCCC(C)N(C)C(=O)c1cc2ccccc2c(N)n1. The molecule has 1 aromatic carbocycles. The second kappa shape index (κ2) is 6.80. The summed E-state index contributed by atoms with van der Waals surface area (Å²) in [6.07, 6.45) is 3.03. The molecule has 4 nitrogen and oxygen atoms in total. The molecule has 0 bridgehead atoms. The molecule has 0 saturated heterocycles. The number of carbonyl (C=O) groups is 1. The van der Waals surface area contributed by atoms with Crippen LogP contribution in [0.1, 0.15) is 23.8 Å². The Morgan fingerprint density at radius 2 is 2.14 bits per heavy atom. The van der Waals surface area contributed by atoms with Crippen molar-refractivity contribution < 1.29 is 4.79 Å². The summed E-state index contributed by atoms with van der Waals surface area (Å²) in [6, 6.07) is 9.70. The molecule has 21 heavy (non-hydrogen) atoms. The number of benzene rings is 1. The Bertz CT molecular complexity index is 644. The summed E-state index contributed by atoms with van der Waals surface area (Å²) < 4.78 is 0. The van der Waals surface area contributed by atoms with Crippen molar-refractivity contribution in [3.63, 3.8) is 0 Å². The van der Waals surface area contributed by atoms with Crippen molar-refractivity contribution in [2.75, 3.05) is 24.8 Å². The average Bonchev–Trinajstić information content (AvgIpc) is 2.51. The Morgan fingerprint density at radius 1 is 1.43 bits per heavy atom. The van der Waals surface area contributed by atoms with E-state index in [1.165, 1.54) is 0 Å². The predicted molar refractivity (Wildman–Crippen MR) is 90.7 cm³/mol. The van der Waals surface area contributed by atoms with Gasteiger partial charge in [-0.2, -0.15) is 11.8 Å². The van der Waals surface area contributed by atoms with Gasteiger partial charge in [-0.25, -0.2) is 4.98 Å². The average molecular weight is 303 g/mol. The molecule has 1 heterocycles. The van der Waals surface area contributed by atoms with Crippen LogP contribution in [-0.2, 0) is 0 Å². The molecule has 0 saturated carbocycles. The lowest BCUT2D eigenvalue weighted by atomic mass is 10.1. The molecule has 2 rings (SSSR count). The summed E-state index contributed by atoms with van der Waals surface area (Å²) >= 11 is 1.79. The molecular formula is C16H21N3OS. The van der Waals surface area contributed by atoms with Gasteiger partial charge in [0.05, 0.1) is 0 Å². The number of aromatic nitrogens is 1. The van der Waals surface area contributed by atoms with Gasteiger partial charge in [-0.1, -0.05) is 24.3 Å². The van der Waals surface area contributed by atoms with E-state index in [0.717, 1.165) is 22.9 Å². The summed E-state index contributed by atoms with van der Waals surface area (Å²) in [4.78, 5) is 18.6.